The van der Waals surface area contributed by atoms with Crippen molar-refractivity contribution in [3.8, 4) is 5.75 Å². The molecule has 0 aromatic heterocycles. The predicted molar refractivity (Wildman–Crippen MR) is 87.2 cm³/mol. The summed E-state index contributed by atoms with van der Waals surface area (Å²) in [7, 11) is 1.66. The third kappa shape index (κ3) is 4.48. The number of aryl methyl sites for hydroxylation is 1. The molecule has 0 saturated heterocycles. The molecular weight excluding hydrogens is 284 g/mol. The van der Waals surface area contributed by atoms with E-state index in [0.29, 0.717) is 0 Å². The maximum absolute atomic E-state index is 9.65. The Balaban J connectivity index is 2.09. The van der Waals surface area contributed by atoms with Gasteiger partial charge in [-0.05, 0) is 60.6 Å². The molecule has 2 aromatic rings. The molecule has 0 fully saturated rings. The van der Waals surface area contributed by atoms with Gasteiger partial charge >= 0.3 is 0 Å². The molecule has 0 bridgehead atoms. The van der Waals surface area contributed by atoms with Gasteiger partial charge in [-0.2, -0.15) is 0 Å². The fourth-order valence-electron chi connectivity index (χ4n) is 2.46. The largest absolute Gasteiger partial charge is 0.497 e. The molecular formula is C18H21ClO2. The first-order valence-electron chi connectivity index (χ1n) is 7.11. The zero-order valence-electron chi connectivity index (χ0n) is 12.5. The van der Waals surface area contributed by atoms with Crippen LogP contribution in [0.3, 0.4) is 0 Å². The molecule has 0 amide bonds. The van der Waals surface area contributed by atoms with Gasteiger partial charge in [0.2, 0.25) is 0 Å². The number of hydrogen-bond donors (Lipinski definition) is 1. The van der Waals surface area contributed by atoms with E-state index in [1.807, 2.05) is 37.3 Å². The Labute approximate surface area is 131 Å². The van der Waals surface area contributed by atoms with Crippen molar-refractivity contribution in [2.24, 2.45) is 5.92 Å². The second kappa shape index (κ2) is 7.48. The van der Waals surface area contributed by atoms with E-state index in [-0.39, 0.29) is 12.5 Å². The third-order valence-electron chi connectivity index (χ3n) is 3.63. The molecule has 1 unspecified atom stereocenters. The Hall–Kier alpha value is -1.51. The van der Waals surface area contributed by atoms with E-state index < -0.39 is 0 Å². The minimum absolute atomic E-state index is 0.140. The summed E-state index contributed by atoms with van der Waals surface area (Å²) in [6.07, 6.45) is 1.57. The molecule has 0 aliphatic heterocycles. The minimum Gasteiger partial charge on any atom is -0.497 e. The first-order valence-corrected chi connectivity index (χ1v) is 7.49. The molecule has 2 rings (SSSR count). The van der Waals surface area contributed by atoms with Crippen molar-refractivity contribution in [3.63, 3.8) is 0 Å². The number of aliphatic hydroxyl groups excluding tert-OH is 1. The number of hydrogen-bond acceptors (Lipinski definition) is 2. The van der Waals surface area contributed by atoms with Gasteiger partial charge in [0.1, 0.15) is 5.75 Å². The first-order chi connectivity index (χ1) is 10.1. The van der Waals surface area contributed by atoms with Gasteiger partial charge in [-0.25, -0.2) is 0 Å². The quantitative estimate of drug-likeness (QED) is 0.872. The van der Waals surface area contributed by atoms with E-state index in [1.165, 1.54) is 0 Å². The highest BCUT2D eigenvalue weighted by atomic mass is 35.5. The summed E-state index contributed by atoms with van der Waals surface area (Å²) >= 11 is 6.28. The minimum atomic E-state index is 0.140. The Morgan fingerprint density at radius 2 is 1.95 bits per heavy atom. The Morgan fingerprint density at radius 1 is 1.14 bits per heavy atom. The fourth-order valence-corrected chi connectivity index (χ4v) is 2.78. The zero-order valence-corrected chi connectivity index (χ0v) is 13.2. The van der Waals surface area contributed by atoms with Crippen LogP contribution in [0.2, 0.25) is 5.02 Å². The van der Waals surface area contributed by atoms with Gasteiger partial charge in [-0.3, -0.25) is 0 Å². The first kappa shape index (κ1) is 15.9. The van der Waals surface area contributed by atoms with Crippen LogP contribution in [0, 0.1) is 12.8 Å². The summed E-state index contributed by atoms with van der Waals surface area (Å²) in [5.74, 6) is 0.995. The van der Waals surface area contributed by atoms with Crippen LogP contribution in [0.1, 0.15) is 16.7 Å². The summed E-state index contributed by atoms with van der Waals surface area (Å²) in [5, 5.41) is 10.4. The predicted octanol–water partition coefficient (Wildman–Crippen LogP) is 4.05. The van der Waals surface area contributed by atoms with E-state index in [9.17, 15) is 5.11 Å². The van der Waals surface area contributed by atoms with Gasteiger partial charge in [-0.15, -0.1) is 0 Å². The van der Waals surface area contributed by atoms with Gasteiger partial charge in [0.15, 0.2) is 0 Å². The van der Waals surface area contributed by atoms with Crippen LogP contribution in [0.15, 0.2) is 42.5 Å². The van der Waals surface area contributed by atoms with Gasteiger partial charge < -0.3 is 9.84 Å². The number of benzene rings is 2. The number of aliphatic hydroxyl groups is 1. The molecule has 0 aliphatic rings. The highest BCUT2D eigenvalue weighted by molar-refractivity contribution is 6.31. The molecule has 0 heterocycles. The average Bonchev–Trinajstić information content (AvgIpc) is 2.49. The highest BCUT2D eigenvalue weighted by Gasteiger charge is 2.12. The SMILES string of the molecule is COc1cccc(CC(CO)Cc2ccc(C)cc2Cl)c1. The summed E-state index contributed by atoms with van der Waals surface area (Å²) in [6, 6.07) is 14.0. The Kier molecular flexibility index (Phi) is 5.66. The highest BCUT2D eigenvalue weighted by Crippen LogP contribution is 2.23. The second-order valence-electron chi connectivity index (χ2n) is 5.40. The topological polar surface area (TPSA) is 29.5 Å². The lowest BCUT2D eigenvalue weighted by Gasteiger charge is -2.16. The monoisotopic (exact) mass is 304 g/mol. The number of methoxy groups -OCH3 is 1. The van der Waals surface area contributed by atoms with Crippen molar-refractivity contribution in [2.75, 3.05) is 13.7 Å². The van der Waals surface area contributed by atoms with Crippen molar-refractivity contribution in [1.82, 2.24) is 0 Å². The van der Waals surface area contributed by atoms with Gasteiger partial charge in [0, 0.05) is 11.6 Å². The van der Waals surface area contributed by atoms with Gasteiger partial charge in [-0.1, -0.05) is 35.9 Å². The van der Waals surface area contributed by atoms with E-state index in [1.54, 1.807) is 7.11 Å². The molecule has 21 heavy (non-hydrogen) atoms. The number of rotatable bonds is 6. The van der Waals surface area contributed by atoms with Gasteiger partial charge in [0.25, 0.3) is 0 Å². The second-order valence-corrected chi connectivity index (χ2v) is 5.81. The Bertz CT molecular complexity index is 596. The van der Waals surface area contributed by atoms with E-state index >= 15 is 0 Å². The summed E-state index contributed by atoms with van der Waals surface area (Å²) in [5.41, 5.74) is 3.40. The summed E-state index contributed by atoms with van der Waals surface area (Å²) < 4.78 is 5.24. The van der Waals surface area contributed by atoms with Crippen molar-refractivity contribution in [1.29, 1.82) is 0 Å². The molecule has 0 saturated carbocycles. The summed E-state index contributed by atoms with van der Waals surface area (Å²) in [6.45, 7) is 2.16. The van der Waals surface area contributed by atoms with Crippen LogP contribution in [0.4, 0.5) is 0 Å². The molecule has 0 spiro atoms. The van der Waals surface area contributed by atoms with E-state index in [0.717, 1.165) is 40.3 Å². The van der Waals surface area contributed by atoms with Crippen LogP contribution < -0.4 is 4.74 Å². The van der Waals surface area contributed by atoms with Crippen molar-refractivity contribution >= 4 is 11.6 Å². The maximum Gasteiger partial charge on any atom is 0.119 e. The van der Waals surface area contributed by atoms with Crippen LogP contribution in [0.5, 0.6) is 5.75 Å². The Morgan fingerprint density at radius 3 is 2.62 bits per heavy atom. The van der Waals surface area contributed by atoms with Gasteiger partial charge in [0.05, 0.1) is 7.11 Å². The van der Waals surface area contributed by atoms with Crippen molar-refractivity contribution in [2.45, 2.75) is 19.8 Å². The standard InChI is InChI=1S/C18H21ClO2/c1-13-6-7-16(18(19)8-13)10-15(12-20)9-14-4-3-5-17(11-14)21-2/h3-8,11,15,20H,9-10,12H2,1-2H3. The average molecular weight is 305 g/mol. The number of ether oxygens (including phenoxy) is 1. The molecule has 0 radical (unpaired) electrons. The molecule has 2 aromatic carbocycles. The molecule has 1 N–H and O–H groups in total. The molecule has 3 heteroatoms. The zero-order chi connectivity index (χ0) is 15.2. The van der Waals surface area contributed by atoms with Crippen molar-refractivity contribution < 1.29 is 9.84 Å². The molecule has 2 nitrogen and oxygen atoms in total. The van der Waals surface area contributed by atoms with Crippen LogP contribution in [-0.2, 0) is 12.8 Å². The van der Waals surface area contributed by atoms with Crippen LogP contribution in [-0.4, -0.2) is 18.8 Å². The molecule has 0 aliphatic carbocycles. The molecule has 1 atom stereocenters. The molecule has 112 valence electrons. The normalized spacial score (nSPS) is 12.2. The van der Waals surface area contributed by atoms with E-state index in [4.69, 9.17) is 16.3 Å². The van der Waals surface area contributed by atoms with Crippen LogP contribution in [0.25, 0.3) is 0 Å². The maximum atomic E-state index is 9.65. The fraction of sp³-hybridized carbons (Fsp3) is 0.333. The lowest BCUT2D eigenvalue weighted by molar-refractivity contribution is 0.225. The lowest BCUT2D eigenvalue weighted by Crippen LogP contribution is -2.13. The number of halogens is 1. The lowest BCUT2D eigenvalue weighted by atomic mass is 9.93. The van der Waals surface area contributed by atoms with Crippen LogP contribution >= 0.6 is 11.6 Å². The third-order valence-corrected chi connectivity index (χ3v) is 3.99. The smallest absolute Gasteiger partial charge is 0.119 e. The van der Waals surface area contributed by atoms with Crippen molar-refractivity contribution in [3.05, 3.63) is 64.2 Å². The van der Waals surface area contributed by atoms with E-state index in [2.05, 4.69) is 12.1 Å². The summed E-state index contributed by atoms with van der Waals surface area (Å²) in [4.78, 5) is 0.